The molecule has 2 aromatic carbocycles. The number of amides is 3. The van der Waals surface area contributed by atoms with Crippen molar-refractivity contribution in [3.05, 3.63) is 69.7 Å². The van der Waals surface area contributed by atoms with Gasteiger partial charge in [-0.2, -0.15) is 0 Å². The van der Waals surface area contributed by atoms with Crippen LogP contribution in [-0.2, 0) is 6.54 Å². The molecule has 1 aliphatic heterocycles. The Morgan fingerprint density at radius 3 is 2.53 bits per heavy atom. The number of ether oxygens (including phenoxy) is 1. The third-order valence-electron chi connectivity index (χ3n) is 5.85. The molecule has 32 heavy (non-hydrogen) atoms. The summed E-state index contributed by atoms with van der Waals surface area (Å²) in [6, 6.07) is 11.7. The highest BCUT2D eigenvalue weighted by Gasteiger charge is 2.36. The van der Waals surface area contributed by atoms with Crippen molar-refractivity contribution in [3.8, 4) is 5.75 Å². The lowest BCUT2D eigenvalue weighted by Gasteiger charge is -2.21. The molecule has 2 aliphatic rings. The van der Waals surface area contributed by atoms with Crippen molar-refractivity contribution in [2.45, 2.75) is 31.7 Å². The van der Waals surface area contributed by atoms with Crippen LogP contribution >= 0.6 is 11.3 Å². The summed E-state index contributed by atoms with van der Waals surface area (Å²) in [6.45, 7) is 0.145. The second-order valence-electron chi connectivity index (χ2n) is 7.83. The molecular weight excluding hydrogens is 428 g/mol. The van der Waals surface area contributed by atoms with Gasteiger partial charge in [0.1, 0.15) is 10.8 Å². The minimum absolute atomic E-state index is 0.145. The summed E-state index contributed by atoms with van der Waals surface area (Å²) in [5.74, 6) is -0.0425. The van der Waals surface area contributed by atoms with E-state index in [0.717, 1.165) is 23.4 Å². The summed E-state index contributed by atoms with van der Waals surface area (Å²) in [5.41, 5.74) is 1.61. The molecule has 162 valence electrons. The molecule has 3 aromatic rings. The zero-order chi connectivity index (χ0) is 22.2. The first-order valence-corrected chi connectivity index (χ1v) is 11.1. The number of anilines is 1. The van der Waals surface area contributed by atoms with Crippen LogP contribution < -0.4 is 10.1 Å². The molecule has 0 atom stereocenters. The van der Waals surface area contributed by atoms with Crippen LogP contribution in [0.25, 0.3) is 0 Å². The monoisotopic (exact) mass is 448 g/mol. The summed E-state index contributed by atoms with van der Waals surface area (Å²) in [5, 5.41) is 12.3. The Morgan fingerprint density at radius 1 is 1.09 bits per heavy atom. The third-order valence-corrected chi connectivity index (χ3v) is 6.85. The normalized spacial score (nSPS) is 15.5. The molecule has 3 amide bonds. The van der Waals surface area contributed by atoms with Gasteiger partial charge in [-0.15, -0.1) is 10.2 Å². The number of aromatic nitrogens is 2. The summed E-state index contributed by atoms with van der Waals surface area (Å²) in [6.07, 6.45) is 3.41. The van der Waals surface area contributed by atoms with Crippen molar-refractivity contribution < 1.29 is 19.1 Å². The van der Waals surface area contributed by atoms with Crippen LogP contribution in [0, 0.1) is 0 Å². The lowest BCUT2D eigenvalue weighted by atomic mass is 9.86. The van der Waals surface area contributed by atoms with Crippen molar-refractivity contribution in [2.75, 3.05) is 12.4 Å². The van der Waals surface area contributed by atoms with Crippen molar-refractivity contribution >= 4 is 34.2 Å². The number of nitrogens with one attached hydrogen (secondary N) is 1. The maximum atomic E-state index is 12.9. The zero-order valence-corrected chi connectivity index (χ0v) is 18.1. The van der Waals surface area contributed by atoms with Gasteiger partial charge in [-0.3, -0.25) is 24.6 Å². The third kappa shape index (κ3) is 3.64. The number of nitrogens with zero attached hydrogens (tertiary/aromatic N) is 3. The van der Waals surface area contributed by atoms with Crippen molar-refractivity contribution in [3.63, 3.8) is 0 Å². The van der Waals surface area contributed by atoms with E-state index in [0.29, 0.717) is 22.4 Å². The largest absolute Gasteiger partial charge is 0.497 e. The van der Waals surface area contributed by atoms with Gasteiger partial charge in [-0.25, -0.2) is 0 Å². The summed E-state index contributed by atoms with van der Waals surface area (Å²) in [4.78, 5) is 39.6. The van der Waals surface area contributed by atoms with Crippen LogP contribution in [0.2, 0.25) is 0 Å². The number of imide groups is 1. The van der Waals surface area contributed by atoms with Crippen LogP contribution in [0.3, 0.4) is 0 Å². The molecule has 2 heterocycles. The SMILES string of the molecule is COc1ccc(CN2C(=O)c3ccc(C(=O)Nc4nnc(C5CCC5)s4)cc3C2=O)cc1. The molecule has 0 unspecified atom stereocenters. The summed E-state index contributed by atoms with van der Waals surface area (Å²) >= 11 is 1.38. The minimum atomic E-state index is -0.418. The molecule has 1 aliphatic carbocycles. The van der Waals surface area contributed by atoms with E-state index in [9.17, 15) is 14.4 Å². The first-order valence-electron chi connectivity index (χ1n) is 10.3. The van der Waals surface area contributed by atoms with Gasteiger partial charge in [-0.1, -0.05) is 29.9 Å². The minimum Gasteiger partial charge on any atom is -0.497 e. The maximum absolute atomic E-state index is 12.9. The molecule has 0 bridgehead atoms. The molecule has 0 radical (unpaired) electrons. The quantitative estimate of drug-likeness (QED) is 0.575. The molecule has 5 rings (SSSR count). The second-order valence-corrected chi connectivity index (χ2v) is 8.84. The van der Waals surface area contributed by atoms with Gasteiger partial charge in [-0.05, 0) is 48.7 Å². The van der Waals surface area contributed by atoms with E-state index in [1.54, 1.807) is 37.4 Å². The van der Waals surface area contributed by atoms with Gasteiger partial charge in [0, 0.05) is 11.5 Å². The zero-order valence-electron chi connectivity index (χ0n) is 17.3. The molecular formula is C23H20N4O4S. The van der Waals surface area contributed by atoms with E-state index >= 15 is 0 Å². The Kier molecular flexibility index (Phi) is 5.18. The van der Waals surface area contributed by atoms with E-state index in [1.165, 1.54) is 34.8 Å². The number of hydrogen-bond acceptors (Lipinski definition) is 7. The topological polar surface area (TPSA) is 101 Å². The molecule has 0 spiro atoms. The Labute approximate surface area is 188 Å². The lowest BCUT2D eigenvalue weighted by Crippen LogP contribution is -2.29. The first-order chi connectivity index (χ1) is 15.5. The van der Waals surface area contributed by atoms with E-state index < -0.39 is 11.8 Å². The predicted molar refractivity (Wildman–Crippen MR) is 118 cm³/mol. The highest BCUT2D eigenvalue weighted by atomic mass is 32.1. The lowest BCUT2D eigenvalue weighted by molar-refractivity contribution is 0.0642. The van der Waals surface area contributed by atoms with Gasteiger partial charge in [0.25, 0.3) is 17.7 Å². The fourth-order valence-electron chi connectivity index (χ4n) is 3.76. The van der Waals surface area contributed by atoms with E-state index in [2.05, 4.69) is 15.5 Å². The number of carbonyl (C=O) groups excluding carboxylic acids is 3. The molecule has 9 heteroatoms. The average Bonchev–Trinajstić information content (AvgIpc) is 3.31. The summed E-state index contributed by atoms with van der Waals surface area (Å²) in [7, 11) is 1.57. The van der Waals surface area contributed by atoms with E-state index in [1.807, 2.05) is 0 Å². The van der Waals surface area contributed by atoms with Crippen LogP contribution in [-0.4, -0.2) is 39.9 Å². The van der Waals surface area contributed by atoms with Gasteiger partial charge in [0.2, 0.25) is 5.13 Å². The Balaban J connectivity index is 1.31. The van der Waals surface area contributed by atoms with Gasteiger partial charge in [0.05, 0.1) is 24.8 Å². The number of fused-ring (bicyclic) bond motifs is 1. The maximum Gasteiger partial charge on any atom is 0.261 e. The summed E-state index contributed by atoms with van der Waals surface area (Å²) < 4.78 is 5.14. The molecule has 1 N–H and O–H groups in total. The second kappa shape index (κ2) is 8.16. The average molecular weight is 449 g/mol. The Bertz CT molecular complexity index is 1220. The molecule has 0 saturated heterocycles. The molecule has 1 aromatic heterocycles. The fourth-order valence-corrected chi connectivity index (χ4v) is 4.67. The van der Waals surface area contributed by atoms with Crippen molar-refractivity contribution in [1.82, 2.24) is 15.1 Å². The van der Waals surface area contributed by atoms with E-state index in [4.69, 9.17) is 4.74 Å². The Hall–Kier alpha value is -3.59. The van der Waals surface area contributed by atoms with Gasteiger partial charge >= 0.3 is 0 Å². The standard InChI is InChI=1S/C23H20N4O4S/c1-31-16-8-5-13(6-9-16)12-27-21(29)17-10-7-15(11-18(17)22(27)30)19(28)24-23-26-25-20(32-23)14-3-2-4-14/h5-11,14H,2-4,12H2,1H3,(H,24,26,28). The Morgan fingerprint density at radius 2 is 1.84 bits per heavy atom. The number of carbonyl (C=O) groups is 3. The predicted octanol–water partition coefficient (Wildman–Crippen LogP) is 3.86. The molecule has 8 nitrogen and oxygen atoms in total. The number of benzene rings is 2. The highest BCUT2D eigenvalue weighted by molar-refractivity contribution is 7.15. The smallest absolute Gasteiger partial charge is 0.261 e. The number of methoxy groups -OCH3 is 1. The van der Waals surface area contributed by atoms with Crippen LogP contribution in [0.4, 0.5) is 5.13 Å². The van der Waals surface area contributed by atoms with Crippen LogP contribution in [0.5, 0.6) is 5.75 Å². The molecule has 1 fully saturated rings. The number of rotatable bonds is 6. The van der Waals surface area contributed by atoms with Crippen LogP contribution in [0.15, 0.2) is 42.5 Å². The van der Waals surface area contributed by atoms with Gasteiger partial charge < -0.3 is 4.74 Å². The van der Waals surface area contributed by atoms with Crippen molar-refractivity contribution in [1.29, 1.82) is 0 Å². The van der Waals surface area contributed by atoms with Gasteiger partial charge in [0.15, 0.2) is 0 Å². The fraction of sp³-hybridized carbons (Fsp3) is 0.261. The van der Waals surface area contributed by atoms with Crippen molar-refractivity contribution in [2.24, 2.45) is 0 Å². The van der Waals surface area contributed by atoms with Crippen LogP contribution in [0.1, 0.15) is 66.8 Å². The highest BCUT2D eigenvalue weighted by Crippen LogP contribution is 2.38. The molecule has 1 saturated carbocycles. The van der Waals surface area contributed by atoms with E-state index in [-0.39, 0.29) is 23.6 Å². The first kappa shape index (κ1) is 20.3. The number of hydrogen-bond donors (Lipinski definition) is 1.